The molecule has 0 N–H and O–H groups in total. The first-order valence-corrected chi connectivity index (χ1v) is 7.05. The topological polar surface area (TPSA) is 64.4 Å². The molecule has 1 amide bonds. The molecule has 118 valence electrons. The molecule has 1 atom stereocenters. The van der Waals surface area contributed by atoms with E-state index in [1.54, 1.807) is 40.1 Å². The van der Waals surface area contributed by atoms with Crippen LogP contribution in [0.25, 0.3) is 11.0 Å². The van der Waals surface area contributed by atoms with Gasteiger partial charge in [-0.1, -0.05) is 0 Å². The van der Waals surface area contributed by atoms with E-state index in [2.05, 4.69) is 4.98 Å². The van der Waals surface area contributed by atoms with Gasteiger partial charge in [-0.3, -0.25) is 4.90 Å². The number of carbonyl (C=O) groups excluding carboxylic acids is 2. The van der Waals surface area contributed by atoms with Gasteiger partial charge in [0.25, 0.3) is 0 Å². The first-order chi connectivity index (χ1) is 10.2. The predicted molar refractivity (Wildman–Crippen MR) is 83.5 cm³/mol. The van der Waals surface area contributed by atoms with Crippen LogP contribution in [0, 0.1) is 0 Å². The van der Waals surface area contributed by atoms with Crippen LogP contribution >= 0.6 is 0 Å². The van der Waals surface area contributed by atoms with Crippen LogP contribution in [0.2, 0.25) is 0 Å². The van der Waals surface area contributed by atoms with Gasteiger partial charge in [-0.25, -0.2) is 9.78 Å². The molecular weight excluding hydrogens is 282 g/mol. The van der Waals surface area contributed by atoms with Crippen molar-refractivity contribution >= 4 is 23.4 Å². The minimum absolute atomic E-state index is 0.537. The number of pyridine rings is 1. The van der Waals surface area contributed by atoms with Gasteiger partial charge < -0.3 is 14.1 Å². The fourth-order valence-corrected chi connectivity index (χ4v) is 2.30. The van der Waals surface area contributed by atoms with Gasteiger partial charge in [0.15, 0.2) is 0 Å². The lowest BCUT2D eigenvalue weighted by molar-refractivity contribution is -0.112. The Labute approximate surface area is 129 Å². The SMILES string of the molecule is CN(C(=O)OC(C)(C)C)C(C=O)c1cn(C)c2ncccc12. The average Bonchev–Trinajstić information content (AvgIpc) is 2.76. The zero-order valence-electron chi connectivity index (χ0n) is 13.5. The van der Waals surface area contributed by atoms with E-state index in [4.69, 9.17) is 4.74 Å². The monoisotopic (exact) mass is 303 g/mol. The molecule has 0 aliphatic rings. The van der Waals surface area contributed by atoms with Gasteiger partial charge in [0, 0.05) is 37.4 Å². The Hall–Kier alpha value is -2.37. The number of aromatic nitrogens is 2. The smallest absolute Gasteiger partial charge is 0.410 e. The predicted octanol–water partition coefficient (Wildman–Crippen LogP) is 2.68. The summed E-state index contributed by atoms with van der Waals surface area (Å²) < 4.78 is 7.17. The van der Waals surface area contributed by atoms with E-state index >= 15 is 0 Å². The number of nitrogens with zero attached hydrogens (tertiary/aromatic N) is 3. The first kappa shape index (κ1) is 16.0. The van der Waals surface area contributed by atoms with E-state index in [1.165, 1.54) is 4.90 Å². The lowest BCUT2D eigenvalue weighted by Crippen LogP contribution is -2.37. The molecule has 0 saturated heterocycles. The second-order valence-electron chi connectivity index (χ2n) is 6.24. The molecule has 0 radical (unpaired) electrons. The highest BCUT2D eigenvalue weighted by molar-refractivity contribution is 5.86. The number of likely N-dealkylation sites (N-methyl/N-ethyl adjacent to an activating group) is 1. The van der Waals surface area contributed by atoms with Gasteiger partial charge in [-0.2, -0.15) is 0 Å². The van der Waals surface area contributed by atoms with Gasteiger partial charge >= 0.3 is 6.09 Å². The standard InChI is InChI=1S/C16H21N3O3/c1-16(2,3)22-15(21)19(5)13(10-20)12-9-18(4)14-11(12)7-6-8-17-14/h6-10,13H,1-5H3. The summed E-state index contributed by atoms with van der Waals surface area (Å²) in [6, 6.07) is 2.97. The number of amides is 1. The van der Waals surface area contributed by atoms with Crippen LogP contribution in [0.1, 0.15) is 32.4 Å². The molecule has 2 aromatic rings. The minimum atomic E-state index is -0.720. The Morgan fingerprint density at radius 3 is 2.73 bits per heavy atom. The summed E-state index contributed by atoms with van der Waals surface area (Å²) in [4.78, 5) is 29.4. The third-order valence-electron chi connectivity index (χ3n) is 3.31. The van der Waals surface area contributed by atoms with E-state index < -0.39 is 17.7 Å². The third kappa shape index (κ3) is 3.10. The number of carbonyl (C=O) groups is 2. The molecule has 0 aliphatic heterocycles. The van der Waals surface area contributed by atoms with Crippen LogP contribution in [0.15, 0.2) is 24.5 Å². The van der Waals surface area contributed by atoms with Crippen LogP contribution in [0.5, 0.6) is 0 Å². The molecule has 22 heavy (non-hydrogen) atoms. The summed E-state index contributed by atoms with van der Waals surface area (Å²) in [5, 5.41) is 0.845. The van der Waals surface area contributed by atoms with Crippen LogP contribution in [-0.2, 0) is 16.6 Å². The average molecular weight is 303 g/mol. The van der Waals surface area contributed by atoms with Gasteiger partial charge in [0.2, 0.25) is 0 Å². The second kappa shape index (κ2) is 5.79. The summed E-state index contributed by atoms with van der Waals surface area (Å²) in [7, 11) is 3.41. The summed E-state index contributed by atoms with van der Waals surface area (Å²) in [6.45, 7) is 5.36. The van der Waals surface area contributed by atoms with E-state index in [-0.39, 0.29) is 0 Å². The quantitative estimate of drug-likeness (QED) is 0.818. The molecule has 2 aromatic heterocycles. The van der Waals surface area contributed by atoms with Crippen molar-refractivity contribution < 1.29 is 14.3 Å². The molecule has 6 nitrogen and oxygen atoms in total. The van der Waals surface area contributed by atoms with Crippen molar-refractivity contribution in [1.82, 2.24) is 14.5 Å². The lowest BCUT2D eigenvalue weighted by Gasteiger charge is -2.27. The minimum Gasteiger partial charge on any atom is -0.444 e. The third-order valence-corrected chi connectivity index (χ3v) is 3.31. The van der Waals surface area contributed by atoms with Crippen molar-refractivity contribution in [2.24, 2.45) is 7.05 Å². The van der Waals surface area contributed by atoms with Crippen LogP contribution < -0.4 is 0 Å². The highest BCUT2D eigenvalue weighted by Gasteiger charge is 2.28. The molecule has 2 rings (SSSR count). The molecular formula is C16H21N3O3. The van der Waals surface area contributed by atoms with Crippen molar-refractivity contribution in [3.8, 4) is 0 Å². The largest absolute Gasteiger partial charge is 0.444 e. The Balaban J connectivity index is 2.38. The van der Waals surface area contributed by atoms with Crippen molar-refractivity contribution in [3.05, 3.63) is 30.1 Å². The van der Waals surface area contributed by atoms with E-state index in [1.807, 2.05) is 23.9 Å². The summed E-state index contributed by atoms with van der Waals surface area (Å²) in [5.41, 5.74) is 0.884. The number of aryl methyl sites for hydroxylation is 1. The molecule has 0 aliphatic carbocycles. The number of aldehydes is 1. The number of hydrogen-bond acceptors (Lipinski definition) is 4. The van der Waals surface area contributed by atoms with Crippen molar-refractivity contribution in [1.29, 1.82) is 0 Å². The molecule has 6 heteroatoms. The number of hydrogen-bond donors (Lipinski definition) is 0. The Morgan fingerprint density at radius 1 is 1.45 bits per heavy atom. The molecule has 0 aromatic carbocycles. The normalized spacial score (nSPS) is 13.0. The van der Waals surface area contributed by atoms with Gasteiger partial charge in [0.05, 0.1) is 0 Å². The summed E-state index contributed by atoms with van der Waals surface area (Å²) in [6.07, 6.45) is 3.72. The van der Waals surface area contributed by atoms with Crippen molar-refractivity contribution in [2.75, 3.05) is 7.05 Å². The summed E-state index contributed by atoms with van der Waals surface area (Å²) in [5.74, 6) is 0. The number of rotatable bonds is 3. The number of fused-ring (bicyclic) bond motifs is 1. The van der Waals surface area contributed by atoms with Gasteiger partial charge in [0.1, 0.15) is 23.6 Å². The molecule has 0 saturated carbocycles. The summed E-state index contributed by atoms with van der Waals surface area (Å²) >= 11 is 0. The molecule has 1 unspecified atom stereocenters. The highest BCUT2D eigenvalue weighted by Crippen LogP contribution is 2.27. The highest BCUT2D eigenvalue weighted by atomic mass is 16.6. The van der Waals surface area contributed by atoms with Gasteiger partial charge in [-0.05, 0) is 32.9 Å². The zero-order chi connectivity index (χ0) is 16.5. The maximum absolute atomic E-state index is 12.2. The Bertz CT molecular complexity index is 700. The molecule has 2 heterocycles. The lowest BCUT2D eigenvalue weighted by atomic mass is 10.1. The second-order valence-corrected chi connectivity index (χ2v) is 6.24. The van der Waals surface area contributed by atoms with Crippen molar-refractivity contribution in [3.63, 3.8) is 0 Å². The van der Waals surface area contributed by atoms with E-state index in [0.29, 0.717) is 0 Å². The maximum atomic E-state index is 12.2. The van der Waals surface area contributed by atoms with E-state index in [0.717, 1.165) is 22.9 Å². The zero-order valence-corrected chi connectivity index (χ0v) is 13.5. The van der Waals surface area contributed by atoms with Gasteiger partial charge in [-0.15, -0.1) is 0 Å². The molecule has 0 bridgehead atoms. The van der Waals surface area contributed by atoms with Crippen LogP contribution in [0.4, 0.5) is 4.79 Å². The fourth-order valence-electron chi connectivity index (χ4n) is 2.30. The van der Waals surface area contributed by atoms with Crippen LogP contribution in [-0.4, -0.2) is 39.5 Å². The Morgan fingerprint density at radius 2 is 2.14 bits per heavy atom. The maximum Gasteiger partial charge on any atom is 0.410 e. The van der Waals surface area contributed by atoms with Crippen LogP contribution in [0.3, 0.4) is 0 Å². The fraction of sp³-hybridized carbons (Fsp3) is 0.438. The number of ether oxygens (including phenoxy) is 1. The Kier molecular flexibility index (Phi) is 4.21. The molecule has 0 fully saturated rings. The van der Waals surface area contributed by atoms with Crippen molar-refractivity contribution in [2.45, 2.75) is 32.4 Å². The van der Waals surface area contributed by atoms with E-state index in [9.17, 15) is 9.59 Å². The molecule has 0 spiro atoms. The first-order valence-electron chi connectivity index (χ1n) is 7.05.